The molecule has 2 aromatic rings. The third kappa shape index (κ3) is 2.99. The number of hydrogen-bond acceptors (Lipinski definition) is 6. The Hall–Kier alpha value is -1.70. The van der Waals surface area contributed by atoms with Gasteiger partial charge in [0, 0.05) is 6.61 Å². The Bertz CT molecular complexity index is 597. The molecule has 0 saturated heterocycles. The van der Waals surface area contributed by atoms with E-state index in [-0.39, 0.29) is 12.7 Å². The van der Waals surface area contributed by atoms with Gasteiger partial charge in [0.2, 0.25) is 5.79 Å². The highest BCUT2D eigenvalue weighted by Crippen LogP contribution is 2.31. The van der Waals surface area contributed by atoms with Crippen molar-refractivity contribution in [3.8, 4) is 0 Å². The minimum Gasteiger partial charge on any atom is -0.394 e. The summed E-state index contributed by atoms with van der Waals surface area (Å²) in [6.07, 6.45) is 1.76. The number of fused-ring (bicyclic) bond motifs is 1. The van der Waals surface area contributed by atoms with Crippen LogP contribution in [0.5, 0.6) is 0 Å². The van der Waals surface area contributed by atoms with E-state index in [2.05, 4.69) is 10.1 Å². The lowest BCUT2D eigenvalue weighted by atomic mass is 10.2. The lowest BCUT2D eigenvalue weighted by Gasteiger charge is -2.32. The number of aromatic nitrogens is 3. The van der Waals surface area contributed by atoms with E-state index < -0.39 is 5.79 Å². The number of rotatable bonds is 7. The predicted octanol–water partition coefficient (Wildman–Crippen LogP) is 1.31. The van der Waals surface area contributed by atoms with Crippen molar-refractivity contribution in [3.63, 3.8) is 0 Å². The molecular formula is C14H22N4O3. The van der Waals surface area contributed by atoms with Gasteiger partial charge in [-0.2, -0.15) is 5.10 Å². The molecule has 0 amide bonds. The van der Waals surface area contributed by atoms with E-state index in [1.165, 1.54) is 6.33 Å². The summed E-state index contributed by atoms with van der Waals surface area (Å²) in [5.41, 5.74) is 7.25. The van der Waals surface area contributed by atoms with Gasteiger partial charge in [0.15, 0.2) is 5.82 Å². The number of aliphatic hydroxyl groups is 1. The van der Waals surface area contributed by atoms with Gasteiger partial charge in [-0.1, -0.05) is 6.92 Å². The summed E-state index contributed by atoms with van der Waals surface area (Å²) in [5, 5.41) is 13.6. The third-order valence-electron chi connectivity index (χ3n) is 3.42. The molecule has 0 aliphatic heterocycles. The Morgan fingerprint density at radius 1 is 1.43 bits per heavy atom. The van der Waals surface area contributed by atoms with Crippen LogP contribution in [0.2, 0.25) is 0 Å². The van der Waals surface area contributed by atoms with Gasteiger partial charge >= 0.3 is 0 Å². The quantitative estimate of drug-likeness (QED) is 0.748. The Kier molecular flexibility index (Phi) is 4.76. The molecule has 0 bridgehead atoms. The maximum Gasteiger partial charge on any atom is 0.209 e. The number of nitrogens with two attached hydrogens (primary N) is 1. The third-order valence-corrected chi connectivity index (χ3v) is 3.42. The summed E-state index contributed by atoms with van der Waals surface area (Å²) in [6.45, 7) is 6.05. The standard InChI is InChI=1S/C14H22N4O3/c1-4-10(8-19)21-14(3,20-5-2)12-7-6-11-13(15)16-9-17-18(11)12/h6-7,9-10,19H,4-5,8H2,1-3H3,(H2,15,16,17)/t10-,14?/m0/s1. The van der Waals surface area contributed by atoms with Gasteiger partial charge in [-0.25, -0.2) is 9.50 Å². The van der Waals surface area contributed by atoms with Crippen molar-refractivity contribution in [1.82, 2.24) is 14.6 Å². The van der Waals surface area contributed by atoms with Crippen LogP contribution in [0.1, 0.15) is 32.9 Å². The minimum atomic E-state index is -1.02. The van der Waals surface area contributed by atoms with Crippen LogP contribution in [-0.4, -0.2) is 39.0 Å². The van der Waals surface area contributed by atoms with E-state index >= 15 is 0 Å². The molecule has 0 saturated carbocycles. The van der Waals surface area contributed by atoms with E-state index in [1.807, 2.05) is 32.9 Å². The molecule has 2 aromatic heterocycles. The molecule has 2 heterocycles. The number of ether oxygens (including phenoxy) is 2. The molecular weight excluding hydrogens is 272 g/mol. The second-order valence-electron chi connectivity index (χ2n) is 4.87. The highest BCUT2D eigenvalue weighted by atomic mass is 16.7. The van der Waals surface area contributed by atoms with Crippen molar-refractivity contribution in [2.24, 2.45) is 0 Å². The van der Waals surface area contributed by atoms with Gasteiger partial charge in [0.1, 0.15) is 17.5 Å². The normalized spacial score (nSPS) is 16.0. The largest absolute Gasteiger partial charge is 0.394 e. The fourth-order valence-electron chi connectivity index (χ4n) is 2.31. The van der Waals surface area contributed by atoms with Crippen LogP contribution in [0.15, 0.2) is 18.5 Å². The fourth-order valence-corrected chi connectivity index (χ4v) is 2.31. The summed E-state index contributed by atoms with van der Waals surface area (Å²) in [5.74, 6) is -0.630. The minimum absolute atomic E-state index is 0.0698. The molecule has 21 heavy (non-hydrogen) atoms. The summed E-state index contributed by atoms with van der Waals surface area (Å²) in [7, 11) is 0. The van der Waals surface area contributed by atoms with Crippen molar-refractivity contribution < 1.29 is 14.6 Å². The lowest BCUT2D eigenvalue weighted by molar-refractivity contribution is -0.263. The zero-order chi connectivity index (χ0) is 15.5. The van der Waals surface area contributed by atoms with Crippen molar-refractivity contribution in [2.75, 3.05) is 18.9 Å². The van der Waals surface area contributed by atoms with E-state index in [0.29, 0.717) is 30.1 Å². The Morgan fingerprint density at radius 3 is 2.81 bits per heavy atom. The van der Waals surface area contributed by atoms with Crippen LogP contribution < -0.4 is 5.73 Å². The molecule has 3 N–H and O–H groups in total. The number of nitrogens with zero attached hydrogens (tertiary/aromatic N) is 3. The van der Waals surface area contributed by atoms with Gasteiger partial charge in [-0.3, -0.25) is 0 Å². The zero-order valence-electron chi connectivity index (χ0n) is 12.6. The summed E-state index contributed by atoms with van der Waals surface area (Å²) in [4.78, 5) is 3.97. The van der Waals surface area contributed by atoms with Crippen molar-refractivity contribution in [2.45, 2.75) is 39.1 Å². The average Bonchev–Trinajstić information content (AvgIpc) is 2.91. The summed E-state index contributed by atoms with van der Waals surface area (Å²) >= 11 is 0. The molecule has 116 valence electrons. The van der Waals surface area contributed by atoms with E-state index in [9.17, 15) is 5.11 Å². The first-order chi connectivity index (χ1) is 10.1. The van der Waals surface area contributed by atoms with Gasteiger partial charge in [-0.05, 0) is 32.4 Å². The summed E-state index contributed by atoms with van der Waals surface area (Å²) < 4.78 is 13.4. The Morgan fingerprint density at radius 2 is 2.19 bits per heavy atom. The number of anilines is 1. The van der Waals surface area contributed by atoms with Crippen LogP contribution in [0.4, 0.5) is 5.82 Å². The first-order valence-electron chi connectivity index (χ1n) is 7.07. The summed E-state index contributed by atoms with van der Waals surface area (Å²) in [6, 6.07) is 3.67. The molecule has 1 unspecified atom stereocenters. The molecule has 2 rings (SSSR count). The average molecular weight is 294 g/mol. The zero-order valence-corrected chi connectivity index (χ0v) is 12.6. The van der Waals surface area contributed by atoms with Crippen LogP contribution in [-0.2, 0) is 15.3 Å². The first kappa shape index (κ1) is 15.7. The highest BCUT2D eigenvalue weighted by Gasteiger charge is 2.34. The second-order valence-corrected chi connectivity index (χ2v) is 4.87. The first-order valence-corrected chi connectivity index (χ1v) is 7.07. The molecule has 0 aliphatic carbocycles. The van der Waals surface area contributed by atoms with Crippen LogP contribution in [0, 0.1) is 0 Å². The van der Waals surface area contributed by atoms with Crippen molar-refractivity contribution in [1.29, 1.82) is 0 Å². The van der Waals surface area contributed by atoms with Gasteiger partial charge in [0.25, 0.3) is 0 Å². The van der Waals surface area contributed by atoms with Crippen LogP contribution in [0.25, 0.3) is 5.52 Å². The topological polar surface area (TPSA) is 94.9 Å². The molecule has 0 radical (unpaired) electrons. The molecule has 7 nitrogen and oxygen atoms in total. The highest BCUT2D eigenvalue weighted by molar-refractivity contribution is 5.65. The van der Waals surface area contributed by atoms with E-state index in [0.717, 1.165) is 0 Å². The predicted molar refractivity (Wildman–Crippen MR) is 78.6 cm³/mol. The Balaban J connectivity index is 2.46. The number of nitrogen functional groups attached to an aromatic ring is 1. The van der Waals surface area contributed by atoms with Crippen molar-refractivity contribution >= 4 is 11.3 Å². The van der Waals surface area contributed by atoms with Crippen molar-refractivity contribution in [3.05, 3.63) is 24.2 Å². The van der Waals surface area contributed by atoms with E-state index in [4.69, 9.17) is 15.2 Å². The van der Waals surface area contributed by atoms with Gasteiger partial charge in [-0.15, -0.1) is 0 Å². The van der Waals surface area contributed by atoms with Gasteiger partial charge in [0.05, 0.1) is 12.7 Å². The number of aliphatic hydroxyl groups excluding tert-OH is 1. The fraction of sp³-hybridized carbons (Fsp3) is 0.571. The monoisotopic (exact) mass is 294 g/mol. The lowest BCUT2D eigenvalue weighted by Crippen LogP contribution is -2.37. The maximum absolute atomic E-state index is 9.38. The molecule has 0 fully saturated rings. The van der Waals surface area contributed by atoms with Crippen LogP contribution >= 0.6 is 0 Å². The smallest absolute Gasteiger partial charge is 0.209 e. The maximum atomic E-state index is 9.38. The SMILES string of the molecule is CCOC(C)(O[C@@H](CC)CO)c1ccc2c(N)ncnn12. The Labute approximate surface area is 123 Å². The molecule has 2 atom stereocenters. The molecule has 7 heteroatoms. The van der Waals surface area contributed by atoms with Crippen LogP contribution in [0.3, 0.4) is 0 Å². The molecule has 0 aromatic carbocycles. The number of hydrogen-bond donors (Lipinski definition) is 2. The molecule has 0 aliphatic rings. The molecule has 0 spiro atoms. The second kappa shape index (κ2) is 6.38. The van der Waals surface area contributed by atoms with Gasteiger partial charge < -0.3 is 20.3 Å². The van der Waals surface area contributed by atoms with E-state index in [1.54, 1.807) is 4.52 Å².